The molecule has 0 bridgehead atoms. The van der Waals surface area contributed by atoms with Crippen LogP contribution in [-0.2, 0) is 14.3 Å². The lowest BCUT2D eigenvalue weighted by molar-refractivity contribution is -0.147. The van der Waals surface area contributed by atoms with Crippen molar-refractivity contribution in [3.8, 4) is 0 Å². The number of hydrogen-bond donors (Lipinski definition) is 1. The van der Waals surface area contributed by atoms with E-state index in [0.717, 1.165) is 29.6 Å². The van der Waals surface area contributed by atoms with Crippen LogP contribution in [0.5, 0.6) is 0 Å². The molecule has 0 fully saturated rings. The Morgan fingerprint density at radius 1 is 0.862 bits per heavy atom. The van der Waals surface area contributed by atoms with E-state index in [9.17, 15) is 9.59 Å². The van der Waals surface area contributed by atoms with E-state index in [4.69, 9.17) is 9.84 Å². The summed E-state index contributed by atoms with van der Waals surface area (Å²) in [6, 6.07) is 0. The Kier molecular flexibility index (Phi) is 14.5. The smallest absolute Gasteiger partial charge is 0.306 e. The summed E-state index contributed by atoms with van der Waals surface area (Å²) in [6.07, 6.45) is 19.6. The van der Waals surface area contributed by atoms with Gasteiger partial charge in [-0.3, -0.25) is 9.59 Å². The van der Waals surface area contributed by atoms with Crippen molar-refractivity contribution in [3.05, 3.63) is 83.6 Å². The zero-order chi connectivity index (χ0) is 22.1. The van der Waals surface area contributed by atoms with Crippen molar-refractivity contribution in [3.63, 3.8) is 0 Å². The van der Waals surface area contributed by atoms with Gasteiger partial charge in [0.25, 0.3) is 0 Å². The summed E-state index contributed by atoms with van der Waals surface area (Å²) < 4.78 is 5.05. The van der Waals surface area contributed by atoms with Crippen LogP contribution in [0.2, 0.25) is 0 Å². The van der Waals surface area contributed by atoms with Crippen molar-refractivity contribution < 1.29 is 19.4 Å². The van der Waals surface area contributed by atoms with Gasteiger partial charge in [0, 0.05) is 0 Å². The average Bonchev–Trinajstić information content (AvgIpc) is 2.65. The number of ether oxygens (including phenoxy) is 1. The van der Waals surface area contributed by atoms with Crippen molar-refractivity contribution in [2.75, 3.05) is 6.61 Å². The zero-order valence-electron chi connectivity index (χ0n) is 18.1. The molecule has 0 heterocycles. The fraction of sp³-hybridized carbons (Fsp3) is 0.360. The molecular weight excluding hydrogens is 364 g/mol. The third-order valence-corrected chi connectivity index (χ3v) is 3.87. The third kappa shape index (κ3) is 17.0. The van der Waals surface area contributed by atoms with Crippen molar-refractivity contribution in [1.82, 2.24) is 0 Å². The predicted octanol–water partition coefficient (Wildman–Crippen LogP) is 6.26. The van der Waals surface area contributed by atoms with Crippen molar-refractivity contribution in [2.45, 2.75) is 53.4 Å². The largest absolute Gasteiger partial charge is 0.481 e. The Morgan fingerprint density at radius 2 is 1.48 bits per heavy atom. The summed E-state index contributed by atoms with van der Waals surface area (Å²) in [5.41, 5.74) is 4.54. The van der Waals surface area contributed by atoms with E-state index in [1.165, 1.54) is 5.57 Å². The number of carboxylic acid groups (broad SMARTS) is 1. The van der Waals surface area contributed by atoms with Gasteiger partial charge in [0.05, 0.1) is 12.8 Å². The van der Waals surface area contributed by atoms with Crippen LogP contribution in [0, 0.1) is 0 Å². The van der Waals surface area contributed by atoms with Gasteiger partial charge in [-0.15, -0.1) is 0 Å². The second-order valence-corrected chi connectivity index (χ2v) is 6.93. The van der Waals surface area contributed by atoms with Crippen molar-refractivity contribution in [1.29, 1.82) is 0 Å². The molecule has 0 aromatic rings. The fourth-order valence-electron chi connectivity index (χ4n) is 2.18. The van der Waals surface area contributed by atoms with Gasteiger partial charge in [0.1, 0.15) is 6.61 Å². The van der Waals surface area contributed by atoms with Crippen LogP contribution < -0.4 is 0 Å². The number of allylic oxidation sites excluding steroid dienone is 12. The lowest BCUT2D eigenvalue weighted by Gasteiger charge is -2.04. The molecule has 0 aliphatic rings. The maximum absolute atomic E-state index is 11.4. The SMILES string of the molecule is C=C/C=C(C)/C=C/C=C(C)/C=C/C=C(\C)CC/C=C(\C)COC(=O)CCC(=O)O. The lowest BCUT2D eigenvalue weighted by Crippen LogP contribution is -2.08. The van der Waals surface area contributed by atoms with E-state index in [1.54, 1.807) is 6.08 Å². The van der Waals surface area contributed by atoms with Crippen LogP contribution in [0.1, 0.15) is 53.4 Å². The summed E-state index contributed by atoms with van der Waals surface area (Å²) in [7, 11) is 0. The van der Waals surface area contributed by atoms with Gasteiger partial charge >= 0.3 is 11.9 Å². The molecule has 29 heavy (non-hydrogen) atoms. The van der Waals surface area contributed by atoms with Gasteiger partial charge in [-0.1, -0.05) is 78.0 Å². The molecule has 0 aliphatic carbocycles. The molecule has 0 aromatic carbocycles. The number of carbonyl (C=O) groups is 2. The Labute approximate surface area is 175 Å². The molecule has 0 radical (unpaired) electrons. The Morgan fingerprint density at radius 3 is 2.10 bits per heavy atom. The van der Waals surface area contributed by atoms with Crippen LogP contribution in [0.25, 0.3) is 0 Å². The number of esters is 1. The van der Waals surface area contributed by atoms with E-state index in [-0.39, 0.29) is 19.4 Å². The lowest BCUT2D eigenvalue weighted by atomic mass is 10.1. The molecule has 0 atom stereocenters. The molecule has 0 saturated carbocycles. The number of hydrogen-bond acceptors (Lipinski definition) is 3. The maximum atomic E-state index is 11.4. The zero-order valence-corrected chi connectivity index (χ0v) is 18.1. The molecule has 4 heteroatoms. The molecule has 1 N–H and O–H groups in total. The summed E-state index contributed by atoms with van der Waals surface area (Å²) in [5, 5.41) is 8.54. The number of rotatable bonds is 13. The normalized spacial score (nSPS) is 13.9. The number of carbonyl (C=O) groups excluding carboxylic acids is 1. The Bertz CT molecular complexity index is 728. The summed E-state index contributed by atoms with van der Waals surface area (Å²) in [4.78, 5) is 21.8. The van der Waals surface area contributed by atoms with Crippen molar-refractivity contribution in [2.24, 2.45) is 0 Å². The molecule has 0 saturated heterocycles. The summed E-state index contributed by atoms with van der Waals surface area (Å²) >= 11 is 0. The molecule has 158 valence electrons. The predicted molar refractivity (Wildman–Crippen MR) is 121 cm³/mol. The van der Waals surface area contributed by atoms with Gasteiger partial charge in [0.15, 0.2) is 0 Å². The van der Waals surface area contributed by atoms with Gasteiger partial charge < -0.3 is 9.84 Å². The molecule has 0 aromatic heterocycles. The van der Waals surface area contributed by atoms with Gasteiger partial charge in [0.2, 0.25) is 0 Å². The van der Waals surface area contributed by atoms with E-state index in [0.29, 0.717) is 0 Å². The first kappa shape index (κ1) is 26.1. The highest BCUT2D eigenvalue weighted by Crippen LogP contribution is 2.08. The maximum Gasteiger partial charge on any atom is 0.306 e. The first-order valence-corrected chi connectivity index (χ1v) is 9.75. The topological polar surface area (TPSA) is 63.6 Å². The second kappa shape index (κ2) is 16.1. The van der Waals surface area contributed by atoms with Crippen LogP contribution in [-0.4, -0.2) is 23.7 Å². The standard InChI is InChI=1S/C25H34O4/c1-6-10-20(2)11-7-12-21(3)13-8-14-22(4)15-9-16-23(5)19-29-25(28)18-17-24(26)27/h6-8,10-14,16H,1,9,15,17-19H2,2-5H3,(H,26,27)/b11-7+,13-8+,20-10+,21-12+,22-14+,23-16+. The van der Waals surface area contributed by atoms with Crippen molar-refractivity contribution >= 4 is 11.9 Å². The average molecular weight is 399 g/mol. The van der Waals surface area contributed by atoms with Gasteiger partial charge in [-0.2, -0.15) is 0 Å². The first-order valence-electron chi connectivity index (χ1n) is 9.75. The Hall–Kier alpha value is -2.88. The summed E-state index contributed by atoms with van der Waals surface area (Å²) in [6.45, 7) is 12.0. The molecule has 0 amide bonds. The highest BCUT2D eigenvalue weighted by atomic mass is 16.5. The third-order valence-electron chi connectivity index (χ3n) is 3.87. The molecule has 4 nitrogen and oxygen atoms in total. The minimum absolute atomic E-state index is 0.0917. The molecular formula is C25H34O4. The van der Waals surface area contributed by atoms with E-state index >= 15 is 0 Å². The van der Waals surface area contributed by atoms with Crippen LogP contribution in [0.15, 0.2) is 83.6 Å². The fourth-order valence-corrected chi connectivity index (χ4v) is 2.18. The second-order valence-electron chi connectivity index (χ2n) is 6.93. The quantitative estimate of drug-likeness (QED) is 0.226. The van der Waals surface area contributed by atoms with E-state index in [1.807, 2.05) is 44.2 Å². The minimum atomic E-state index is -0.997. The first-order chi connectivity index (χ1) is 13.7. The summed E-state index contributed by atoms with van der Waals surface area (Å²) in [5.74, 6) is -1.48. The highest BCUT2D eigenvalue weighted by molar-refractivity contribution is 5.76. The van der Waals surface area contributed by atoms with Crippen LogP contribution in [0.3, 0.4) is 0 Å². The van der Waals surface area contributed by atoms with Crippen LogP contribution in [0.4, 0.5) is 0 Å². The molecule has 0 unspecified atom stereocenters. The minimum Gasteiger partial charge on any atom is -0.481 e. The molecule has 0 spiro atoms. The Balaban J connectivity index is 4.31. The monoisotopic (exact) mass is 398 g/mol. The van der Waals surface area contributed by atoms with Gasteiger partial charge in [-0.05, 0) is 46.1 Å². The van der Waals surface area contributed by atoms with E-state index < -0.39 is 11.9 Å². The molecule has 0 aliphatic heterocycles. The highest BCUT2D eigenvalue weighted by Gasteiger charge is 2.06. The van der Waals surface area contributed by atoms with Crippen LogP contribution >= 0.6 is 0 Å². The number of aliphatic carboxylic acids is 1. The number of carboxylic acids is 1. The van der Waals surface area contributed by atoms with E-state index in [2.05, 4.69) is 38.7 Å². The molecule has 0 rings (SSSR count). The van der Waals surface area contributed by atoms with Gasteiger partial charge in [-0.25, -0.2) is 0 Å².